The fourth-order valence-electron chi connectivity index (χ4n) is 1.47. The predicted molar refractivity (Wildman–Crippen MR) is 68.9 cm³/mol. The lowest BCUT2D eigenvalue weighted by molar-refractivity contribution is 0.530. The van der Waals surface area contributed by atoms with Crippen molar-refractivity contribution in [2.45, 2.75) is 37.6 Å². The molecule has 96 valence electrons. The van der Waals surface area contributed by atoms with Crippen molar-refractivity contribution in [1.82, 2.24) is 4.72 Å². The number of nitrogens with one attached hydrogen (secondary N) is 2. The highest BCUT2D eigenvalue weighted by molar-refractivity contribution is 7.89. The second-order valence-electron chi connectivity index (χ2n) is 3.80. The number of hydrogen-bond acceptors (Lipinski definition) is 4. The van der Waals surface area contributed by atoms with Crippen molar-refractivity contribution in [1.29, 1.82) is 0 Å². The van der Waals surface area contributed by atoms with Crippen molar-refractivity contribution in [2.75, 3.05) is 5.43 Å². The first-order valence-corrected chi connectivity index (χ1v) is 7.10. The summed E-state index contributed by atoms with van der Waals surface area (Å²) in [5, 5.41) is 0. The maximum Gasteiger partial charge on any atom is 0.240 e. The molecule has 1 aromatic rings. The van der Waals surface area contributed by atoms with Gasteiger partial charge in [-0.25, -0.2) is 13.1 Å². The third-order valence-corrected chi connectivity index (χ3v) is 4.18. The lowest BCUT2D eigenvalue weighted by Crippen LogP contribution is -2.33. The van der Waals surface area contributed by atoms with E-state index in [1.165, 1.54) is 12.1 Å². The van der Waals surface area contributed by atoms with E-state index in [0.717, 1.165) is 12.8 Å². The number of anilines is 1. The molecule has 0 spiro atoms. The summed E-state index contributed by atoms with van der Waals surface area (Å²) in [6, 6.07) is 6.29. The van der Waals surface area contributed by atoms with Crippen molar-refractivity contribution in [3.8, 4) is 0 Å². The summed E-state index contributed by atoms with van der Waals surface area (Å²) in [4.78, 5) is 0.253. The summed E-state index contributed by atoms with van der Waals surface area (Å²) in [6.07, 6.45) is 1.55. The molecular formula is C11H19N3O2S. The summed E-state index contributed by atoms with van der Waals surface area (Å²) in [7, 11) is -3.43. The van der Waals surface area contributed by atoms with Gasteiger partial charge in [-0.15, -0.1) is 0 Å². The van der Waals surface area contributed by atoms with Crippen LogP contribution in [0, 0.1) is 0 Å². The van der Waals surface area contributed by atoms with Gasteiger partial charge in [0.1, 0.15) is 0 Å². The Morgan fingerprint density at radius 1 is 1.18 bits per heavy atom. The second-order valence-corrected chi connectivity index (χ2v) is 5.52. The Morgan fingerprint density at radius 3 is 2.12 bits per heavy atom. The molecule has 17 heavy (non-hydrogen) atoms. The van der Waals surface area contributed by atoms with Crippen molar-refractivity contribution in [3.63, 3.8) is 0 Å². The number of sulfonamides is 1. The van der Waals surface area contributed by atoms with Crippen molar-refractivity contribution >= 4 is 15.7 Å². The molecule has 1 rings (SSSR count). The van der Waals surface area contributed by atoms with Gasteiger partial charge in [0.15, 0.2) is 0 Å². The van der Waals surface area contributed by atoms with Crippen LogP contribution in [0.5, 0.6) is 0 Å². The normalized spacial score (nSPS) is 11.8. The molecular weight excluding hydrogens is 238 g/mol. The van der Waals surface area contributed by atoms with E-state index in [1.807, 2.05) is 13.8 Å². The minimum atomic E-state index is -3.43. The zero-order chi connectivity index (χ0) is 12.9. The number of hydrazine groups is 1. The highest BCUT2D eigenvalue weighted by Crippen LogP contribution is 2.14. The van der Waals surface area contributed by atoms with E-state index in [0.29, 0.717) is 5.69 Å². The van der Waals surface area contributed by atoms with Crippen LogP contribution in [0.25, 0.3) is 0 Å². The zero-order valence-corrected chi connectivity index (χ0v) is 10.9. The SMILES string of the molecule is CCC(CC)NS(=O)(=O)c1ccc(NN)cc1. The largest absolute Gasteiger partial charge is 0.324 e. The van der Waals surface area contributed by atoms with Gasteiger partial charge in [-0.2, -0.15) is 0 Å². The third-order valence-electron chi connectivity index (χ3n) is 2.64. The Morgan fingerprint density at radius 2 is 1.71 bits per heavy atom. The van der Waals surface area contributed by atoms with Gasteiger partial charge >= 0.3 is 0 Å². The van der Waals surface area contributed by atoms with Gasteiger partial charge in [0.25, 0.3) is 0 Å². The molecule has 0 aliphatic heterocycles. The van der Waals surface area contributed by atoms with Gasteiger partial charge in [0.05, 0.1) is 4.90 Å². The van der Waals surface area contributed by atoms with Crippen LogP contribution in [0.4, 0.5) is 5.69 Å². The average molecular weight is 257 g/mol. The minimum Gasteiger partial charge on any atom is -0.324 e. The van der Waals surface area contributed by atoms with Crippen LogP contribution in [0.3, 0.4) is 0 Å². The molecule has 0 aromatic heterocycles. The fourth-order valence-corrected chi connectivity index (χ4v) is 2.88. The van der Waals surface area contributed by atoms with Crippen molar-refractivity contribution < 1.29 is 8.42 Å². The Balaban J connectivity index is 2.89. The first kappa shape index (κ1) is 14.0. The summed E-state index contributed by atoms with van der Waals surface area (Å²) in [6.45, 7) is 3.91. The van der Waals surface area contributed by atoms with E-state index in [-0.39, 0.29) is 10.9 Å². The Labute approximate surface area is 102 Å². The number of nitrogen functional groups attached to an aromatic ring is 1. The Hall–Kier alpha value is -1.11. The molecule has 0 saturated heterocycles. The molecule has 6 heteroatoms. The molecule has 0 aliphatic rings. The van der Waals surface area contributed by atoms with Gasteiger partial charge < -0.3 is 5.43 Å². The zero-order valence-electron chi connectivity index (χ0n) is 10.1. The molecule has 0 bridgehead atoms. The quantitative estimate of drug-likeness (QED) is 0.532. The monoisotopic (exact) mass is 257 g/mol. The Bertz CT molecular complexity index is 438. The van der Waals surface area contributed by atoms with E-state index >= 15 is 0 Å². The molecule has 1 aromatic carbocycles. The molecule has 0 heterocycles. The highest BCUT2D eigenvalue weighted by atomic mass is 32.2. The lowest BCUT2D eigenvalue weighted by atomic mass is 10.2. The van der Waals surface area contributed by atoms with Crippen molar-refractivity contribution in [2.24, 2.45) is 5.84 Å². The first-order valence-electron chi connectivity index (χ1n) is 5.62. The molecule has 4 N–H and O–H groups in total. The summed E-state index contributed by atoms with van der Waals surface area (Å²) >= 11 is 0. The standard InChI is InChI=1S/C11H19N3O2S/c1-3-9(4-2)14-17(15,16)11-7-5-10(13-12)6-8-11/h5-9,13-14H,3-4,12H2,1-2H3. The average Bonchev–Trinajstić information content (AvgIpc) is 2.36. The maximum absolute atomic E-state index is 12.0. The summed E-state index contributed by atoms with van der Waals surface area (Å²) in [5.74, 6) is 5.22. The molecule has 0 amide bonds. The maximum atomic E-state index is 12.0. The molecule has 0 radical (unpaired) electrons. The highest BCUT2D eigenvalue weighted by Gasteiger charge is 2.17. The Kier molecular flexibility index (Phi) is 4.92. The van der Waals surface area contributed by atoms with E-state index in [4.69, 9.17) is 5.84 Å². The molecule has 0 unspecified atom stereocenters. The predicted octanol–water partition coefficient (Wildman–Crippen LogP) is 1.44. The molecule has 0 saturated carbocycles. The molecule has 5 nitrogen and oxygen atoms in total. The first-order chi connectivity index (χ1) is 8.03. The van der Waals surface area contributed by atoms with Crippen LogP contribution in [0.2, 0.25) is 0 Å². The van der Waals surface area contributed by atoms with Gasteiger partial charge in [-0.05, 0) is 37.1 Å². The van der Waals surface area contributed by atoms with E-state index in [2.05, 4.69) is 10.1 Å². The number of hydrogen-bond donors (Lipinski definition) is 3. The fraction of sp³-hybridized carbons (Fsp3) is 0.455. The third kappa shape index (κ3) is 3.69. The van der Waals surface area contributed by atoms with E-state index in [1.54, 1.807) is 12.1 Å². The summed E-state index contributed by atoms with van der Waals surface area (Å²) in [5.41, 5.74) is 3.13. The van der Waals surface area contributed by atoms with Crippen LogP contribution in [0.1, 0.15) is 26.7 Å². The number of rotatable bonds is 6. The molecule has 0 aliphatic carbocycles. The van der Waals surface area contributed by atoms with E-state index < -0.39 is 10.0 Å². The lowest BCUT2D eigenvalue weighted by Gasteiger charge is -2.15. The van der Waals surface area contributed by atoms with Crippen LogP contribution < -0.4 is 16.0 Å². The van der Waals surface area contributed by atoms with Gasteiger partial charge in [-0.3, -0.25) is 5.84 Å². The number of benzene rings is 1. The van der Waals surface area contributed by atoms with Crippen LogP contribution in [-0.2, 0) is 10.0 Å². The van der Waals surface area contributed by atoms with Crippen LogP contribution in [-0.4, -0.2) is 14.5 Å². The van der Waals surface area contributed by atoms with Crippen molar-refractivity contribution in [3.05, 3.63) is 24.3 Å². The van der Waals surface area contributed by atoms with E-state index in [9.17, 15) is 8.42 Å². The van der Waals surface area contributed by atoms with Gasteiger partial charge in [0, 0.05) is 11.7 Å². The molecule has 0 atom stereocenters. The van der Waals surface area contributed by atoms with Crippen LogP contribution in [0.15, 0.2) is 29.2 Å². The molecule has 0 fully saturated rings. The van der Waals surface area contributed by atoms with Gasteiger partial charge in [-0.1, -0.05) is 13.8 Å². The number of nitrogens with two attached hydrogens (primary N) is 1. The van der Waals surface area contributed by atoms with Gasteiger partial charge in [0.2, 0.25) is 10.0 Å². The topological polar surface area (TPSA) is 84.2 Å². The van der Waals surface area contributed by atoms with Crippen LogP contribution >= 0.6 is 0 Å². The summed E-state index contributed by atoms with van der Waals surface area (Å²) < 4.78 is 26.7. The minimum absolute atomic E-state index is 0.0210. The smallest absolute Gasteiger partial charge is 0.240 e. The second kappa shape index (κ2) is 6.00.